The van der Waals surface area contributed by atoms with Crippen molar-refractivity contribution in [3.63, 3.8) is 0 Å². The second-order valence-corrected chi connectivity index (χ2v) is 8.82. The van der Waals surface area contributed by atoms with E-state index in [0.717, 1.165) is 49.6 Å². The second-order valence-electron chi connectivity index (χ2n) is 6.98. The Hall–Kier alpha value is -2.59. The van der Waals surface area contributed by atoms with E-state index in [4.69, 9.17) is 0 Å². The Morgan fingerprint density at radius 1 is 0.808 bits per heavy atom. The smallest absolute Gasteiger partial charge is 0.236 e. The van der Waals surface area contributed by atoms with Gasteiger partial charge < -0.3 is 0 Å². The second kappa shape index (κ2) is 5.71. The average Bonchev–Trinajstić information content (AvgIpc) is 2.95. The summed E-state index contributed by atoms with van der Waals surface area (Å²) in [5.74, 6) is 0. The average molecular weight is 363 g/mol. The maximum atomic E-state index is 12.6. The van der Waals surface area contributed by atoms with Crippen LogP contribution in [0, 0.1) is 20.8 Å². The Morgan fingerprint density at radius 3 is 2.15 bits per heavy atom. The summed E-state index contributed by atoms with van der Waals surface area (Å²) < 4.78 is 26.7. The molecule has 0 N–H and O–H groups in total. The molecule has 0 aliphatic rings. The molecule has 0 fully saturated rings. The topological polar surface area (TPSA) is 39.1 Å². The molecule has 3 nitrogen and oxygen atoms in total. The van der Waals surface area contributed by atoms with Crippen LogP contribution >= 0.6 is 0 Å². The molecule has 0 amide bonds. The van der Waals surface area contributed by atoms with Crippen molar-refractivity contribution in [3.8, 4) is 11.1 Å². The van der Waals surface area contributed by atoms with E-state index >= 15 is 0 Å². The third-order valence-electron chi connectivity index (χ3n) is 5.14. The maximum absolute atomic E-state index is 12.6. The van der Waals surface area contributed by atoms with Crippen molar-refractivity contribution in [3.05, 3.63) is 71.3 Å². The van der Waals surface area contributed by atoms with Crippen molar-refractivity contribution in [2.75, 3.05) is 6.26 Å². The lowest BCUT2D eigenvalue weighted by atomic mass is 9.98. The van der Waals surface area contributed by atoms with Gasteiger partial charge in [-0.2, -0.15) is 0 Å². The van der Waals surface area contributed by atoms with E-state index in [1.807, 2.05) is 44.2 Å². The predicted octanol–water partition coefficient (Wildman–Crippen LogP) is 5.19. The van der Waals surface area contributed by atoms with Crippen molar-refractivity contribution in [2.45, 2.75) is 20.8 Å². The largest absolute Gasteiger partial charge is 0.237 e. The monoisotopic (exact) mass is 363 g/mol. The van der Waals surface area contributed by atoms with Crippen LogP contribution in [0.15, 0.2) is 54.6 Å². The van der Waals surface area contributed by atoms with Gasteiger partial charge in [-0.3, -0.25) is 0 Å². The van der Waals surface area contributed by atoms with Crippen molar-refractivity contribution < 1.29 is 8.42 Å². The van der Waals surface area contributed by atoms with E-state index in [0.29, 0.717) is 0 Å². The van der Waals surface area contributed by atoms with Gasteiger partial charge in [0.1, 0.15) is 0 Å². The fourth-order valence-electron chi connectivity index (χ4n) is 3.85. The normalized spacial score (nSPS) is 12.2. The molecular formula is C22H21NO2S. The summed E-state index contributed by atoms with van der Waals surface area (Å²) in [7, 11) is -3.43. The lowest BCUT2D eigenvalue weighted by Gasteiger charge is -2.09. The molecule has 0 aliphatic heterocycles. The van der Waals surface area contributed by atoms with E-state index < -0.39 is 10.0 Å². The quantitative estimate of drug-likeness (QED) is 0.491. The van der Waals surface area contributed by atoms with E-state index in [2.05, 4.69) is 31.2 Å². The predicted molar refractivity (Wildman–Crippen MR) is 109 cm³/mol. The van der Waals surface area contributed by atoms with Crippen LogP contribution in [0.4, 0.5) is 0 Å². The molecule has 4 aromatic rings. The highest BCUT2D eigenvalue weighted by atomic mass is 32.2. The number of aromatic nitrogens is 1. The van der Waals surface area contributed by atoms with Crippen LogP contribution in [0.5, 0.6) is 0 Å². The zero-order valence-corrected chi connectivity index (χ0v) is 16.2. The highest BCUT2D eigenvalue weighted by molar-refractivity contribution is 7.89. The summed E-state index contributed by atoms with van der Waals surface area (Å²) in [4.78, 5) is 0. The van der Waals surface area contributed by atoms with Crippen LogP contribution in [0.25, 0.3) is 32.9 Å². The Kier molecular flexibility index (Phi) is 3.70. The molecule has 132 valence electrons. The molecule has 0 radical (unpaired) electrons. The first-order valence-electron chi connectivity index (χ1n) is 8.60. The fraction of sp³-hybridized carbons (Fsp3) is 0.182. The van der Waals surface area contributed by atoms with E-state index in [1.54, 1.807) is 0 Å². The molecule has 0 aliphatic carbocycles. The number of nitrogens with zero attached hydrogens (tertiary/aromatic N) is 1. The summed E-state index contributed by atoms with van der Waals surface area (Å²) in [5, 5.41) is 2.00. The van der Waals surface area contributed by atoms with Crippen molar-refractivity contribution in [1.29, 1.82) is 0 Å². The van der Waals surface area contributed by atoms with Gasteiger partial charge in [0.25, 0.3) is 0 Å². The minimum atomic E-state index is -3.43. The Labute approximate surface area is 153 Å². The molecule has 0 atom stereocenters. The van der Waals surface area contributed by atoms with Crippen LogP contribution in [0.2, 0.25) is 0 Å². The van der Waals surface area contributed by atoms with Crippen LogP contribution in [0.1, 0.15) is 16.7 Å². The van der Waals surface area contributed by atoms with Gasteiger partial charge in [-0.25, -0.2) is 12.4 Å². The van der Waals surface area contributed by atoms with Crippen LogP contribution in [-0.2, 0) is 10.0 Å². The number of fused-ring (bicyclic) bond motifs is 3. The van der Waals surface area contributed by atoms with Crippen molar-refractivity contribution in [2.24, 2.45) is 0 Å². The van der Waals surface area contributed by atoms with Gasteiger partial charge in [0.15, 0.2) is 0 Å². The third-order valence-corrected chi connectivity index (χ3v) is 6.18. The summed E-state index contributed by atoms with van der Waals surface area (Å²) in [6.45, 7) is 6.08. The minimum absolute atomic E-state index is 0.735. The number of benzene rings is 3. The Morgan fingerprint density at radius 2 is 1.50 bits per heavy atom. The Bertz CT molecular complexity index is 1270. The molecule has 26 heavy (non-hydrogen) atoms. The van der Waals surface area contributed by atoms with Crippen molar-refractivity contribution >= 4 is 31.8 Å². The molecule has 4 heteroatoms. The number of hydrogen-bond acceptors (Lipinski definition) is 2. The Balaban J connectivity index is 2.23. The zero-order chi connectivity index (χ0) is 18.6. The highest BCUT2D eigenvalue weighted by Crippen LogP contribution is 2.37. The van der Waals surface area contributed by atoms with Crippen molar-refractivity contribution in [1.82, 2.24) is 3.97 Å². The summed E-state index contributed by atoms with van der Waals surface area (Å²) in [6, 6.07) is 18.3. The molecule has 1 aromatic heterocycles. The van der Waals surface area contributed by atoms with Gasteiger partial charge in [0, 0.05) is 10.8 Å². The van der Waals surface area contributed by atoms with Gasteiger partial charge in [-0.15, -0.1) is 0 Å². The highest BCUT2D eigenvalue weighted by Gasteiger charge is 2.21. The molecular weight excluding hydrogens is 342 g/mol. The number of rotatable bonds is 2. The van der Waals surface area contributed by atoms with Gasteiger partial charge in [-0.1, -0.05) is 42.5 Å². The van der Waals surface area contributed by atoms with E-state index in [-0.39, 0.29) is 0 Å². The number of aryl methyl sites for hydroxylation is 3. The zero-order valence-electron chi connectivity index (χ0n) is 15.4. The van der Waals surface area contributed by atoms with Crippen LogP contribution in [0.3, 0.4) is 0 Å². The number of hydrogen-bond donors (Lipinski definition) is 0. The fourth-order valence-corrected chi connectivity index (χ4v) is 4.92. The molecule has 3 aromatic carbocycles. The summed E-state index contributed by atoms with van der Waals surface area (Å²) in [5.41, 5.74) is 6.95. The first-order chi connectivity index (χ1) is 12.3. The SMILES string of the molecule is Cc1cc(C)c2c3cc(-c4ccccc4)ccc3n(S(C)(=O)=O)c2c1C. The lowest BCUT2D eigenvalue weighted by Crippen LogP contribution is -2.10. The molecule has 0 saturated heterocycles. The summed E-state index contributed by atoms with van der Waals surface area (Å²) >= 11 is 0. The van der Waals surface area contributed by atoms with Crippen LogP contribution in [-0.4, -0.2) is 18.6 Å². The van der Waals surface area contributed by atoms with Gasteiger partial charge in [0.05, 0.1) is 17.3 Å². The molecule has 4 rings (SSSR count). The molecule has 0 spiro atoms. The van der Waals surface area contributed by atoms with E-state index in [9.17, 15) is 8.42 Å². The first-order valence-corrected chi connectivity index (χ1v) is 10.4. The lowest BCUT2D eigenvalue weighted by molar-refractivity contribution is 0.596. The first kappa shape index (κ1) is 16.9. The molecule has 0 bridgehead atoms. The standard InChI is InChI=1S/C22H21NO2S/c1-14-12-15(2)21-19-13-18(17-8-6-5-7-9-17)10-11-20(19)23(26(4,24)25)22(21)16(14)3/h5-13H,1-4H3. The molecule has 1 heterocycles. The molecule has 0 unspecified atom stereocenters. The minimum Gasteiger partial charge on any atom is -0.237 e. The van der Waals surface area contributed by atoms with Gasteiger partial charge >= 0.3 is 0 Å². The van der Waals surface area contributed by atoms with Gasteiger partial charge in [-0.05, 0) is 60.7 Å². The third kappa shape index (κ3) is 2.44. The maximum Gasteiger partial charge on any atom is 0.236 e. The van der Waals surface area contributed by atoms with Crippen LogP contribution < -0.4 is 0 Å². The van der Waals surface area contributed by atoms with E-state index in [1.165, 1.54) is 10.2 Å². The molecule has 0 saturated carbocycles. The summed E-state index contributed by atoms with van der Waals surface area (Å²) in [6.07, 6.45) is 1.27. The van der Waals surface area contributed by atoms with Gasteiger partial charge in [0.2, 0.25) is 10.0 Å².